The Morgan fingerprint density at radius 2 is 1.60 bits per heavy atom. The number of hydrogen-bond acceptors (Lipinski definition) is 3. The van der Waals surface area contributed by atoms with E-state index in [0.717, 1.165) is 19.3 Å². The van der Waals surface area contributed by atoms with Crippen molar-refractivity contribution < 1.29 is 9.53 Å². The van der Waals surface area contributed by atoms with Gasteiger partial charge in [0.05, 0.1) is 6.61 Å². The molecule has 1 atom stereocenters. The molecule has 4 heteroatoms. The van der Waals surface area contributed by atoms with Crippen molar-refractivity contribution in [2.45, 2.75) is 71.3 Å². The fraction of sp³-hybridized carbons (Fsp3) is 0.812. The van der Waals surface area contributed by atoms with Gasteiger partial charge in [-0.15, -0.1) is 6.58 Å². The van der Waals surface area contributed by atoms with Crippen LogP contribution in [0.25, 0.3) is 0 Å². The fourth-order valence-electron chi connectivity index (χ4n) is 1.82. The van der Waals surface area contributed by atoms with Gasteiger partial charge in [0.15, 0.2) is 0 Å². The topological polar surface area (TPSA) is 52.3 Å². The summed E-state index contributed by atoms with van der Waals surface area (Å²) in [6.45, 7) is 8.08. The van der Waals surface area contributed by atoms with Crippen LogP contribution >= 0.6 is 0 Å². The first kappa shape index (κ1) is 22.5. The van der Waals surface area contributed by atoms with E-state index in [1.807, 2.05) is 19.9 Å². The van der Waals surface area contributed by atoms with Crippen LogP contribution in [-0.2, 0) is 9.53 Å². The van der Waals surface area contributed by atoms with Gasteiger partial charge in [0, 0.05) is 29.6 Å². The Morgan fingerprint density at radius 3 is 2.10 bits per heavy atom. The number of carbonyl (C=O) groups is 1. The Labute approximate surface area is 147 Å². The van der Waals surface area contributed by atoms with E-state index in [-0.39, 0.29) is 41.4 Å². The summed E-state index contributed by atoms with van der Waals surface area (Å²) in [5, 5.41) is 0. The number of rotatable bonds is 12. The molecule has 0 saturated heterocycles. The van der Waals surface area contributed by atoms with Crippen LogP contribution in [-0.4, -0.2) is 48.2 Å². The Morgan fingerprint density at radius 1 is 1.10 bits per heavy atom. The van der Waals surface area contributed by atoms with Crippen LogP contribution in [0.1, 0.15) is 65.2 Å². The molecule has 113 valence electrons. The molecule has 0 unspecified atom stereocenters. The molecule has 0 saturated carbocycles. The Balaban J connectivity index is 0. The summed E-state index contributed by atoms with van der Waals surface area (Å²) in [5.74, 6) is -0.123. The normalized spacial score (nSPS) is 11.8. The van der Waals surface area contributed by atoms with E-state index < -0.39 is 6.04 Å². The van der Waals surface area contributed by atoms with Gasteiger partial charge in [-0.2, -0.15) is 0 Å². The number of unbranched alkanes of at least 4 members (excludes halogenated alkanes) is 7. The second kappa shape index (κ2) is 15.6. The monoisotopic (exact) mass is 292 g/mol. The van der Waals surface area contributed by atoms with Crippen LogP contribution in [0.3, 0.4) is 0 Å². The van der Waals surface area contributed by atoms with Crippen LogP contribution in [0.5, 0.6) is 0 Å². The third-order valence-electron chi connectivity index (χ3n) is 3.29. The van der Waals surface area contributed by atoms with Crippen molar-refractivity contribution in [3.8, 4) is 0 Å². The van der Waals surface area contributed by atoms with Gasteiger partial charge in [-0.1, -0.05) is 52.0 Å². The van der Waals surface area contributed by atoms with Crippen molar-refractivity contribution in [1.82, 2.24) is 0 Å². The van der Waals surface area contributed by atoms with Gasteiger partial charge >= 0.3 is 5.97 Å². The average Bonchev–Trinajstić information content (AvgIpc) is 2.39. The smallest absolute Gasteiger partial charge is 0.323 e. The van der Waals surface area contributed by atoms with Crippen molar-refractivity contribution in [2.24, 2.45) is 11.7 Å². The molecule has 0 aliphatic carbocycles. The molecule has 0 bridgehead atoms. The third kappa shape index (κ3) is 13.2. The quantitative estimate of drug-likeness (QED) is 0.259. The van der Waals surface area contributed by atoms with Crippen LogP contribution in [0.15, 0.2) is 12.7 Å². The molecule has 0 aromatic carbocycles. The maximum absolute atomic E-state index is 11.5. The van der Waals surface area contributed by atoms with E-state index in [0.29, 0.717) is 6.61 Å². The van der Waals surface area contributed by atoms with Crippen molar-refractivity contribution in [3.05, 3.63) is 12.7 Å². The number of hydrogen-bond donors (Lipinski definition) is 1. The van der Waals surface area contributed by atoms with E-state index in [1.54, 1.807) is 0 Å². The minimum atomic E-state index is -0.482. The Bertz CT molecular complexity index is 245. The van der Waals surface area contributed by atoms with E-state index >= 15 is 0 Å². The van der Waals surface area contributed by atoms with Crippen molar-refractivity contribution in [2.75, 3.05) is 6.61 Å². The average molecular weight is 292 g/mol. The van der Waals surface area contributed by atoms with Gasteiger partial charge in [-0.3, -0.25) is 4.79 Å². The van der Waals surface area contributed by atoms with Gasteiger partial charge in [-0.05, 0) is 25.2 Å². The second-order valence-corrected chi connectivity index (χ2v) is 5.49. The minimum Gasteiger partial charge on any atom is -0.465 e. The molecule has 0 spiro atoms. The summed E-state index contributed by atoms with van der Waals surface area (Å²) in [7, 11) is 0. The SMILES string of the molecule is C=CCCCCCCCCCOC(=O)[C@@H](N)C(C)C.[Na]. The molecule has 0 amide bonds. The molecule has 0 aromatic heterocycles. The van der Waals surface area contributed by atoms with Crippen molar-refractivity contribution in [1.29, 1.82) is 0 Å². The Hall–Kier alpha value is 0.170. The third-order valence-corrected chi connectivity index (χ3v) is 3.29. The molecule has 0 rings (SSSR count). The largest absolute Gasteiger partial charge is 0.465 e. The molecule has 20 heavy (non-hydrogen) atoms. The van der Waals surface area contributed by atoms with Crippen LogP contribution in [0.4, 0.5) is 0 Å². The summed E-state index contributed by atoms with van der Waals surface area (Å²) in [6, 6.07) is -0.482. The molecular formula is C16H31NNaO2. The first-order valence-electron chi connectivity index (χ1n) is 7.62. The van der Waals surface area contributed by atoms with E-state index in [4.69, 9.17) is 10.5 Å². The predicted octanol–water partition coefficient (Wildman–Crippen LogP) is 3.44. The number of esters is 1. The van der Waals surface area contributed by atoms with Gasteiger partial charge in [0.1, 0.15) is 6.04 Å². The summed E-state index contributed by atoms with van der Waals surface area (Å²) >= 11 is 0. The fourth-order valence-corrected chi connectivity index (χ4v) is 1.82. The number of allylic oxidation sites excluding steroid dienone is 1. The molecule has 2 N–H and O–H groups in total. The predicted molar refractivity (Wildman–Crippen MR) is 86.7 cm³/mol. The molecule has 3 nitrogen and oxygen atoms in total. The van der Waals surface area contributed by atoms with Crippen LogP contribution in [0, 0.1) is 5.92 Å². The zero-order chi connectivity index (χ0) is 14.5. The molecule has 0 aliphatic heterocycles. The summed E-state index contributed by atoms with van der Waals surface area (Å²) < 4.78 is 5.15. The summed E-state index contributed by atoms with van der Waals surface area (Å²) in [5.41, 5.74) is 5.70. The van der Waals surface area contributed by atoms with Gasteiger partial charge in [0.2, 0.25) is 0 Å². The summed E-state index contributed by atoms with van der Waals surface area (Å²) in [6.07, 6.45) is 11.5. The van der Waals surface area contributed by atoms with E-state index in [9.17, 15) is 4.79 Å². The molecule has 0 heterocycles. The maximum Gasteiger partial charge on any atom is 0.323 e. The molecule has 0 fully saturated rings. The van der Waals surface area contributed by atoms with Crippen LogP contribution in [0.2, 0.25) is 0 Å². The zero-order valence-corrected chi connectivity index (χ0v) is 15.7. The Kier molecular flexibility index (Phi) is 17.5. The van der Waals surface area contributed by atoms with E-state index in [1.165, 1.54) is 32.1 Å². The number of nitrogens with two attached hydrogens (primary N) is 1. The molecule has 0 aromatic rings. The van der Waals surface area contributed by atoms with Crippen molar-refractivity contribution in [3.63, 3.8) is 0 Å². The molecule has 0 aliphatic rings. The first-order valence-corrected chi connectivity index (χ1v) is 7.62. The van der Waals surface area contributed by atoms with Gasteiger partial charge in [0.25, 0.3) is 0 Å². The van der Waals surface area contributed by atoms with Gasteiger partial charge in [-0.25, -0.2) is 0 Å². The van der Waals surface area contributed by atoms with Gasteiger partial charge < -0.3 is 10.5 Å². The van der Waals surface area contributed by atoms with Crippen LogP contribution < -0.4 is 5.73 Å². The van der Waals surface area contributed by atoms with Crippen molar-refractivity contribution >= 4 is 35.5 Å². The first-order chi connectivity index (χ1) is 9.09. The zero-order valence-electron chi connectivity index (χ0n) is 13.7. The summed E-state index contributed by atoms with van der Waals surface area (Å²) in [4.78, 5) is 11.5. The minimum absolute atomic E-state index is 0. The van der Waals surface area contributed by atoms with E-state index in [2.05, 4.69) is 6.58 Å². The molecular weight excluding hydrogens is 261 g/mol. The molecule has 1 radical (unpaired) electrons. The number of ether oxygens (including phenoxy) is 1. The maximum atomic E-state index is 11.5. The standard InChI is InChI=1S/C16H31NO2.Na/c1-4-5-6-7-8-9-10-11-12-13-19-16(18)15(17)14(2)3;/h4,14-15H,1,5-13,17H2,2-3H3;/t15-;/m0./s1. The number of carbonyl (C=O) groups excluding carboxylic acids is 1. The second-order valence-electron chi connectivity index (χ2n) is 5.49.